The second kappa shape index (κ2) is 5.07. The van der Waals surface area contributed by atoms with E-state index in [2.05, 4.69) is 4.74 Å². The van der Waals surface area contributed by atoms with Gasteiger partial charge in [0, 0.05) is 5.02 Å². The summed E-state index contributed by atoms with van der Waals surface area (Å²) in [6.07, 6.45) is -2.94. The summed E-state index contributed by atoms with van der Waals surface area (Å²) in [5.41, 5.74) is -0.720. The second-order valence-electron chi connectivity index (χ2n) is 2.70. The van der Waals surface area contributed by atoms with E-state index in [-0.39, 0.29) is 5.56 Å². The van der Waals surface area contributed by atoms with Crippen molar-refractivity contribution in [3.05, 3.63) is 40.9 Å². The SMILES string of the molecule is COC(F)=C(c1ccc(Cl)cc1)C(F)F. The molecule has 0 heterocycles. The van der Waals surface area contributed by atoms with Crippen LogP contribution < -0.4 is 0 Å². The van der Waals surface area contributed by atoms with Gasteiger partial charge >= 0.3 is 0 Å². The number of halogens is 4. The first-order valence-electron chi connectivity index (χ1n) is 4.04. The highest BCUT2D eigenvalue weighted by molar-refractivity contribution is 6.30. The van der Waals surface area contributed by atoms with E-state index in [1.807, 2.05) is 0 Å². The van der Waals surface area contributed by atoms with Crippen LogP contribution in [0.5, 0.6) is 0 Å². The van der Waals surface area contributed by atoms with Crippen LogP contribution in [-0.2, 0) is 4.74 Å². The van der Waals surface area contributed by atoms with E-state index in [9.17, 15) is 13.2 Å². The van der Waals surface area contributed by atoms with Crippen molar-refractivity contribution in [1.82, 2.24) is 0 Å². The molecule has 0 radical (unpaired) electrons. The predicted octanol–water partition coefficient (Wildman–Crippen LogP) is 3.89. The number of methoxy groups -OCH3 is 1. The molecular weight excluding hydrogens is 229 g/mol. The largest absolute Gasteiger partial charge is 0.474 e. The summed E-state index contributed by atoms with van der Waals surface area (Å²) < 4.78 is 42.2. The van der Waals surface area contributed by atoms with Crippen LogP contribution in [0, 0.1) is 0 Å². The highest BCUT2D eigenvalue weighted by Crippen LogP contribution is 2.27. The Kier molecular flexibility index (Phi) is 4.03. The van der Waals surface area contributed by atoms with Crippen molar-refractivity contribution < 1.29 is 17.9 Å². The Labute approximate surface area is 90.1 Å². The fourth-order valence-electron chi connectivity index (χ4n) is 1.06. The first kappa shape index (κ1) is 11.9. The summed E-state index contributed by atoms with van der Waals surface area (Å²) >= 11 is 5.58. The molecule has 0 saturated carbocycles. The van der Waals surface area contributed by atoms with E-state index < -0.39 is 18.0 Å². The summed E-state index contributed by atoms with van der Waals surface area (Å²) in [5, 5.41) is 0.394. The topological polar surface area (TPSA) is 9.23 Å². The van der Waals surface area contributed by atoms with Gasteiger partial charge in [-0.05, 0) is 17.7 Å². The molecule has 5 heteroatoms. The molecule has 0 bridgehead atoms. The van der Waals surface area contributed by atoms with E-state index >= 15 is 0 Å². The van der Waals surface area contributed by atoms with E-state index in [1.54, 1.807) is 0 Å². The summed E-state index contributed by atoms with van der Waals surface area (Å²) in [6, 6.07) is 4.14. The number of ether oxygens (including phenoxy) is 1. The van der Waals surface area contributed by atoms with Gasteiger partial charge in [-0.25, -0.2) is 8.78 Å². The fraction of sp³-hybridized carbons (Fsp3) is 0.200. The van der Waals surface area contributed by atoms with Crippen molar-refractivity contribution in [2.75, 3.05) is 7.11 Å². The van der Waals surface area contributed by atoms with Crippen LogP contribution in [0.3, 0.4) is 0 Å². The van der Waals surface area contributed by atoms with E-state index in [0.29, 0.717) is 5.02 Å². The van der Waals surface area contributed by atoms with Gasteiger partial charge in [0.05, 0.1) is 12.7 Å². The lowest BCUT2D eigenvalue weighted by Crippen LogP contribution is -2.00. The Bertz CT molecular complexity index is 359. The summed E-state index contributed by atoms with van der Waals surface area (Å²) in [7, 11) is 0.994. The van der Waals surface area contributed by atoms with Gasteiger partial charge < -0.3 is 4.74 Å². The van der Waals surface area contributed by atoms with E-state index in [0.717, 1.165) is 7.11 Å². The second-order valence-corrected chi connectivity index (χ2v) is 3.14. The minimum atomic E-state index is -2.94. The number of hydrogen-bond acceptors (Lipinski definition) is 1. The summed E-state index contributed by atoms with van der Waals surface area (Å²) in [6.45, 7) is 0. The molecule has 82 valence electrons. The lowest BCUT2D eigenvalue weighted by atomic mass is 10.1. The Morgan fingerprint density at radius 2 is 1.80 bits per heavy atom. The number of allylic oxidation sites excluding steroid dienone is 1. The lowest BCUT2D eigenvalue weighted by molar-refractivity contribution is 0.175. The van der Waals surface area contributed by atoms with Crippen molar-refractivity contribution in [2.24, 2.45) is 0 Å². The van der Waals surface area contributed by atoms with Crippen LogP contribution in [0.15, 0.2) is 30.3 Å². The maximum absolute atomic E-state index is 13.0. The zero-order valence-corrected chi connectivity index (χ0v) is 8.56. The molecule has 0 unspecified atom stereocenters. The number of benzene rings is 1. The summed E-state index contributed by atoms with van der Waals surface area (Å²) in [4.78, 5) is 0. The molecule has 0 N–H and O–H groups in total. The third kappa shape index (κ3) is 2.89. The quantitative estimate of drug-likeness (QED) is 0.724. The Morgan fingerprint density at radius 1 is 1.27 bits per heavy atom. The van der Waals surface area contributed by atoms with Crippen molar-refractivity contribution in [3.8, 4) is 0 Å². The molecule has 0 fully saturated rings. The van der Waals surface area contributed by atoms with Crippen molar-refractivity contribution in [3.63, 3.8) is 0 Å². The highest BCUT2D eigenvalue weighted by Gasteiger charge is 2.20. The third-order valence-corrected chi connectivity index (χ3v) is 2.02. The molecule has 0 aliphatic rings. The molecule has 1 aromatic carbocycles. The predicted molar refractivity (Wildman–Crippen MR) is 52.5 cm³/mol. The molecule has 0 aromatic heterocycles. The molecule has 0 atom stereocenters. The van der Waals surface area contributed by atoms with Crippen LogP contribution in [0.4, 0.5) is 13.2 Å². The minimum absolute atomic E-state index is 0.0498. The molecule has 1 nitrogen and oxygen atoms in total. The van der Waals surface area contributed by atoms with Gasteiger partial charge in [-0.3, -0.25) is 0 Å². The zero-order chi connectivity index (χ0) is 11.4. The van der Waals surface area contributed by atoms with Crippen LogP contribution in [0.2, 0.25) is 5.02 Å². The third-order valence-electron chi connectivity index (χ3n) is 1.76. The maximum Gasteiger partial charge on any atom is 0.282 e. The zero-order valence-electron chi connectivity index (χ0n) is 7.81. The Morgan fingerprint density at radius 3 is 2.20 bits per heavy atom. The van der Waals surface area contributed by atoms with Gasteiger partial charge in [0.1, 0.15) is 0 Å². The number of rotatable bonds is 3. The minimum Gasteiger partial charge on any atom is -0.474 e. The van der Waals surface area contributed by atoms with Gasteiger partial charge in [0.25, 0.3) is 12.4 Å². The molecular formula is C10H8ClF3O. The normalized spacial score (nSPS) is 12.7. The highest BCUT2D eigenvalue weighted by atomic mass is 35.5. The van der Waals surface area contributed by atoms with Gasteiger partial charge in [-0.2, -0.15) is 4.39 Å². The standard InChI is InChI=1S/C10H8ClF3O/c1-15-10(14)8(9(12)13)6-2-4-7(11)5-3-6/h2-5,9H,1H3. The van der Waals surface area contributed by atoms with Crippen LogP contribution in [0.25, 0.3) is 5.57 Å². The molecule has 0 spiro atoms. The van der Waals surface area contributed by atoms with Crippen molar-refractivity contribution in [1.29, 1.82) is 0 Å². The molecule has 0 saturated heterocycles. The molecule has 15 heavy (non-hydrogen) atoms. The monoisotopic (exact) mass is 236 g/mol. The van der Waals surface area contributed by atoms with E-state index in [4.69, 9.17) is 11.6 Å². The Hall–Kier alpha value is -1.16. The van der Waals surface area contributed by atoms with Crippen molar-refractivity contribution >= 4 is 17.2 Å². The van der Waals surface area contributed by atoms with Crippen LogP contribution >= 0.6 is 11.6 Å². The van der Waals surface area contributed by atoms with Crippen molar-refractivity contribution in [2.45, 2.75) is 6.43 Å². The Balaban J connectivity index is 3.17. The van der Waals surface area contributed by atoms with Gasteiger partial charge in [0.2, 0.25) is 0 Å². The number of hydrogen-bond donors (Lipinski definition) is 0. The van der Waals surface area contributed by atoms with Crippen LogP contribution in [0.1, 0.15) is 5.56 Å². The average molecular weight is 237 g/mol. The van der Waals surface area contributed by atoms with Gasteiger partial charge in [0.15, 0.2) is 0 Å². The smallest absolute Gasteiger partial charge is 0.282 e. The van der Waals surface area contributed by atoms with E-state index in [1.165, 1.54) is 24.3 Å². The first-order chi connectivity index (χ1) is 7.06. The van der Waals surface area contributed by atoms with Crippen LogP contribution in [-0.4, -0.2) is 13.5 Å². The molecule has 1 aromatic rings. The summed E-state index contributed by atoms with van der Waals surface area (Å²) in [5.74, 6) is 0. The van der Waals surface area contributed by atoms with Gasteiger partial charge in [-0.1, -0.05) is 23.7 Å². The molecule has 0 aliphatic heterocycles. The van der Waals surface area contributed by atoms with Gasteiger partial charge in [-0.15, -0.1) is 0 Å². The average Bonchev–Trinajstić information content (AvgIpc) is 2.20. The molecule has 1 rings (SSSR count). The maximum atomic E-state index is 13.0. The fourth-order valence-corrected chi connectivity index (χ4v) is 1.19. The molecule has 0 aliphatic carbocycles. The first-order valence-corrected chi connectivity index (χ1v) is 4.41. The number of alkyl halides is 2. The molecule has 0 amide bonds. The lowest BCUT2D eigenvalue weighted by Gasteiger charge is -2.07.